The fraction of sp³-hybridized carbons (Fsp3) is 0.174. The van der Waals surface area contributed by atoms with Gasteiger partial charge < -0.3 is 14.7 Å². The molecule has 4 rings (SSSR count). The second-order valence-corrected chi connectivity index (χ2v) is 10.9. The Morgan fingerprint density at radius 1 is 1.14 bits per heavy atom. The molecule has 0 saturated carbocycles. The largest absolute Gasteiger partial charge is 0.505 e. The number of likely N-dealkylation sites (N-methyl/N-ethyl adjacent to an activating group) is 1. The molecule has 0 radical (unpaired) electrons. The zero-order valence-corrected chi connectivity index (χ0v) is 21.4. The molecule has 0 saturated heterocycles. The molecule has 1 aliphatic heterocycles. The van der Waals surface area contributed by atoms with E-state index in [0.29, 0.717) is 6.07 Å². The van der Waals surface area contributed by atoms with Crippen LogP contribution in [0.2, 0.25) is 5.02 Å². The molecule has 3 aromatic carbocycles. The van der Waals surface area contributed by atoms with Crippen LogP contribution in [0.5, 0.6) is 11.5 Å². The predicted molar refractivity (Wildman–Crippen MR) is 130 cm³/mol. The summed E-state index contributed by atoms with van der Waals surface area (Å²) in [5, 5.41) is 10.6. The van der Waals surface area contributed by atoms with Crippen LogP contribution < -0.4 is 9.46 Å². The maximum atomic E-state index is 14.9. The van der Waals surface area contributed by atoms with Crippen molar-refractivity contribution < 1.29 is 31.8 Å². The summed E-state index contributed by atoms with van der Waals surface area (Å²) in [7, 11) is -3.13. The number of aromatic hydroxyl groups is 1. The number of nitrogens with zero attached hydrogens (tertiary/aromatic N) is 1. The monoisotopic (exact) mass is 586 g/mol. The molecule has 0 aromatic heterocycles. The molecule has 0 fully saturated rings. The van der Waals surface area contributed by atoms with Crippen molar-refractivity contribution in [2.75, 3.05) is 18.3 Å². The highest BCUT2D eigenvalue weighted by Gasteiger charge is 2.28. The average Bonchev–Trinajstić information content (AvgIpc) is 2.77. The summed E-state index contributed by atoms with van der Waals surface area (Å²) in [5.41, 5.74) is -0.656. The maximum Gasteiger partial charge on any atom is 0.265 e. The highest BCUT2D eigenvalue weighted by molar-refractivity contribution is 9.10. The number of phenols is 1. The van der Waals surface area contributed by atoms with Gasteiger partial charge in [-0.25, -0.2) is 17.2 Å². The fourth-order valence-corrected chi connectivity index (χ4v) is 5.66. The number of amides is 1. The van der Waals surface area contributed by atoms with Gasteiger partial charge in [-0.2, -0.15) is 0 Å². The molecule has 4 bridgehead atoms. The second-order valence-electron chi connectivity index (χ2n) is 7.98. The van der Waals surface area contributed by atoms with Crippen LogP contribution in [0.4, 0.5) is 14.5 Å². The lowest BCUT2D eigenvalue weighted by molar-refractivity contribution is 0.0727. The number of ether oxygens (including phenoxy) is 1. The summed E-state index contributed by atoms with van der Waals surface area (Å²) >= 11 is 9.17. The number of carbonyl (C=O) groups excluding carboxylic acids is 1. The second kappa shape index (κ2) is 9.29. The van der Waals surface area contributed by atoms with Gasteiger partial charge in [-0.15, -0.1) is 0 Å². The first-order chi connectivity index (χ1) is 16.4. The molecule has 1 atom stereocenters. The third-order valence-electron chi connectivity index (χ3n) is 5.30. The molecule has 3 aromatic rings. The minimum atomic E-state index is -4.62. The SMILES string of the molecule is C[C@H]1CN(C)C(=O)c2cc(Br)c(O)c(c2)S(=O)(=O)Nc2cc(c(F)cc2F)-c2cc(Cl)ccc2O1. The van der Waals surface area contributed by atoms with Crippen LogP contribution in [0.3, 0.4) is 0 Å². The van der Waals surface area contributed by atoms with Crippen LogP contribution in [0, 0.1) is 11.6 Å². The molecule has 0 aliphatic carbocycles. The van der Waals surface area contributed by atoms with E-state index in [1.54, 1.807) is 6.92 Å². The van der Waals surface area contributed by atoms with Gasteiger partial charge in [0, 0.05) is 34.8 Å². The lowest BCUT2D eigenvalue weighted by Crippen LogP contribution is -2.35. The first kappa shape index (κ1) is 25.2. The molecular weight excluding hydrogens is 570 g/mol. The fourth-order valence-electron chi connectivity index (χ4n) is 3.69. The van der Waals surface area contributed by atoms with E-state index in [0.717, 1.165) is 12.1 Å². The minimum Gasteiger partial charge on any atom is -0.505 e. The Bertz CT molecular complexity index is 1470. The van der Waals surface area contributed by atoms with Crippen molar-refractivity contribution in [3.63, 3.8) is 0 Å². The number of hydrogen-bond donors (Lipinski definition) is 2. The molecule has 184 valence electrons. The summed E-state index contributed by atoms with van der Waals surface area (Å²) in [5.74, 6) is -3.21. The van der Waals surface area contributed by atoms with Crippen LogP contribution in [0.1, 0.15) is 17.3 Å². The predicted octanol–water partition coefficient (Wildman–Crippen LogP) is 5.41. The third kappa shape index (κ3) is 4.93. The van der Waals surface area contributed by atoms with Gasteiger partial charge in [0.2, 0.25) is 0 Å². The smallest absolute Gasteiger partial charge is 0.265 e. The van der Waals surface area contributed by atoms with Crippen molar-refractivity contribution in [3.8, 4) is 22.6 Å². The van der Waals surface area contributed by atoms with Gasteiger partial charge in [0.05, 0.1) is 16.7 Å². The Hall–Kier alpha value is -2.89. The quantitative estimate of drug-likeness (QED) is 0.367. The lowest BCUT2D eigenvalue weighted by Gasteiger charge is -2.24. The molecular formula is C23H18BrClF2N2O5S. The van der Waals surface area contributed by atoms with E-state index in [4.69, 9.17) is 16.3 Å². The van der Waals surface area contributed by atoms with Gasteiger partial charge in [-0.05, 0) is 59.3 Å². The number of fused-ring (bicyclic) bond motifs is 6. The van der Waals surface area contributed by atoms with Gasteiger partial charge in [0.1, 0.15) is 34.1 Å². The van der Waals surface area contributed by atoms with Crippen LogP contribution in [0.15, 0.2) is 51.8 Å². The Kier molecular flexibility index (Phi) is 6.69. The molecule has 1 heterocycles. The maximum absolute atomic E-state index is 14.9. The summed E-state index contributed by atoms with van der Waals surface area (Å²) in [4.78, 5) is 13.7. The first-order valence-electron chi connectivity index (χ1n) is 10.1. The van der Waals surface area contributed by atoms with Gasteiger partial charge in [-0.3, -0.25) is 9.52 Å². The number of phenolic OH excluding ortho intramolecular Hbond substituents is 1. The van der Waals surface area contributed by atoms with Crippen molar-refractivity contribution in [1.82, 2.24) is 4.90 Å². The minimum absolute atomic E-state index is 0.0490. The van der Waals surface area contributed by atoms with Crippen molar-refractivity contribution in [3.05, 3.63) is 69.2 Å². The number of benzene rings is 3. The Morgan fingerprint density at radius 3 is 2.57 bits per heavy atom. The van der Waals surface area contributed by atoms with Crippen LogP contribution in [-0.2, 0) is 10.0 Å². The lowest BCUT2D eigenvalue weighted by atomic mass is 10.0. The van der Waals surface area contributed by atoms with E-state index in [2.05, 4.69) is 15.9 Å². The van der Waals surface area contributed by atoms with Crippen molar-refractivity contribution in [2.45, 2.75) is 17.9 Å². The molecule has 0 unspecified atom stereocenters. The Morgan fingerprint density at radius 2 is 1.86 bits per heavy atom. The highest BCUT2D eigenvalue weighted by atomic mass is 79.9. The normalized spacial score (nSPS) is 17.5. The van der Waals surface area contributed by atoms with Crippen LogP contribution >= 0.6 is 27.5 Å². The molecule has 7 nitrogen and oxygen atoms in total. The van der Waals surface area contributed by atoms with E-state index in [1.807, 2.05) is 4.72 Å². The third-order valence-corrected chi connectivity index (χ3v) is 7.52. The first-order valence-corrected chi connectivity index (χ1v) is 12.8. The van der Waals surface area contributed by atoms with Crippen LogP contribution in [-0.4, -0.2) is 44.0 Å². The molecule has 1 aliphatic rings. The van der Waals surface area contributed by atoms with Gasteiger partial charge in [0.15, 0.2) is 0 Å². The van der Waals surface area contributed by atoms with Crippen molar-refractivity contribution >= 4 is 49.1 Å². The van der Waals surface area contributed by atoms with Crippen molar-refractivity contribution in [2.24, 2.45) is 0 Å². The summed E-state index contributed by atoms with van der Waals surface area (Å²) in [6.07, 6.45) is -0.584. The topological polar surface area (TPSA) is 95.9 Å². The number of anilines is 1. The molecule has 35 heavy (non-hydrogen) atoms. The molecule has 1 amide bonds. The summed E-state index contributed by atoms with van der Waals surface area (Å²) in [6.45, 7) is 1.77. The van der Waals surface area contributed by atoms with E-state index < -0.39 is 50.0 Å². The zero-order valence-electron chi connectivity index (χ0n) is 18.3. The standard InChI is InChI=1S/C23H18BrClF2N2O5S/c1-11-10-29(2)23(31)12-5-16(24)22(30)21(6-12)35(32,33)28-19-8-14(17(26)9-18(19)27)15-7-13(25)3-4-20(15)34-11/h3-9,11,28,30H,10H2,1-2H3/t11-/m0/s1. The Balaban J connectivity index is 1.99. The van der Waals surface area contributed by atoms with Gasteiger partial charge in [-0.1, -0.05) is 11.6 Å². The summed E-state index contributed by atoms with van der Waals surface area (Å²) in [6, 6.07) is 8.16. The molecule has 0 spiro atoms. The van der Waals surface area contributed by atoms with Crippen molar-refractivity contribution in [1.29, 1.82) is 0 Å². The van der Waals surface area contributed by atoms with E-state index in [-0.39, 0.29) is 38.5 Å². The van der Waals surface area contributed by atoms with E-state index >= 15 is 0 Å². The van der Waals surface area contributed by atoms with E-state index in [1.165, 1.54) is 36.2 Å². The van der Waals surface area contributed by atoms with Gasteiger partial charge >= 0.3 is 0 Å². The Labute approximate surface area is 213 Å². The van der Waals surface area contributed by atoms with Gasteiger partial charge in [0.25, 0.3) is 15.9 Å². The zero-order chi connectivity index (χ0) is 25.7. The average molecular weight is 588 g/mol. The molecule has 2 N–H and O–H groups in total. The molecule has 12 heteroatoms. The number of sulfonamides is 1. The number of halogens is 4. The summed E-state index contributed by atoms with van der Waals surface area (Å²) < 4.78 is 63.8. The van der Waals surface area contributed by atoms with E-state index in [9.17, 15) is 27.1 Å². The number of hydrogen-bond acceptors (Lipinski definition) is 5. The highest BCUT2D eigenvalue weighted by Crippen LogP contribution is 2.39. The number of carbonyl (C=O) groups is 1. The number of nitrogens with one attached hydrogen (secondary N) is 1. The number of rotatable bonds is 0. The van der Waals surface area contributed by atoms with Crippen LogP contribution in [0.25, 0.3) is 11.1 Å².